The van der Waals surface area contributed by atoms with Crippen molar-refractivity contribution in [1.82, 2.24) is 5.32 Å². The van der Waals surface area contributed by atoms with Gasteiger partial charge in [-0.05, 0) is 6.92 Å². The number of aliphatic hydroxyl groups is 12. The van der Waals surface area contributed by atoms with Crippen molar-refractivity contribution in [2.24, 2.45) is 0 Å². The Hall–Kier alpha value is -1.29. The van der Waals surface area contributed by atoms with Gasteiger partial charge in [-0.15, -0.1) is 0 Å². The molecule has 4 aliphatic rings. The van der Waals surface area contributed by atoms with Crippen LogP contribution in [0.2, 0.25) is 0 Å². The zero-order valence-electron chi connectivity index (χ0n) is 25.3. The van der Waals surface area contributed by atoms with Crippen LogP contribution in [-0.4, -0.2) is 210 Å². The number of ether oxygens (including phenoxy) is 7. The molecular formula is C26H45NO20. The summed E-state index contributed by atoms with van der Waals surface area (Å²) >= 11 is 0. The van der Waals surface area contributed by atoms with Gasteiger partial charge in [0, 0.05) is 6.92 Å². The third-order valence-corrected chi connectivity index (χ3v) is 8.57. The second kappa shape index (κ2) is 16.2. The van der Waals surface area contributed by atoms with E-state index in [-0.39, 0.29) is 0 Å². The molecule has 0 radical (unpaired) electrons. The van der Waals surface area contributed by atoms with E-state index in [4.69, 9.17) is 33.2 Å². The van der Waals surface area contributed by atoms with Crippen LogP contribution in [0.15, 0.2) is 0 Å². The van der Waals surface area contributed by atoms with Crippen LogP contribution in [0.4, 0.5) is 0 Å². The minimum absolute atomic E-state index is 0.702. The molecule has 0 unspecified atom stereocenters. The Morgan fingerprint density at radius 2 is 1.02 bits per heavy atom. The fourth-order valence-corrected chi connectivity index (χ4v) is 5.88. The molecule has 4 aliphatic heterocycles. The van der Waals surface area contributed by atoms with Crippen LogP contribution in [0.1, 0.15) is 13.8 Å². The van der Waals surface area contributed by atoms with Crippen molar-refractivity contribution < 1.29 is 99.2 Å². The molecule has 0 aromatic carbocycles. The summed E-state index contributed by atoms with van der Waals surface area (Å²) in [6.45, 7) is -0.114. The zero-order chi connectivity index (χ0) is 34.9. The number of hydrogen-bond donors (Lipinski definition) is 13. The van der Waals surface area contributed by atoms with E-state index in [1.807, 2.05) is 0 Å². The molecule has 4 saturated heterocycles. The van der Waals surface area contributed by atoms with Gasteiger partial charge < -0.3 is 99.8 Å². The van der Waals surface area contributed by atoms with Gasteiger partial charge in [-0.3, -0.25) is 4.79 Å². The number of hydrogen-bond acceptors (Lipinski definition) is 20. The highest BCUT2D eigenvalue weighted by Crippen LogP contribution is 2.34. The van der Waals surface area contributed by atoms with Crippen LogP contribution < -0.4 is 5.32 Å². The molecule has 0 aromatic rings. The van der Waals surface area contributed by atoms with Crippen molar-refractivity contribution >= 4 is 5.91 Å². The number of carbonyl (C=O) groups is 1. The lowest BCUT2D eigenvalue weighted by Crippen LogP contribution is -2.70. The Labute approximate surface area is 267 Å². The predicted octanol–water partition coefficient (Wildman–Crippen LogP) is -8.58. The van der Waals surface area contributed by atoms with Crippen molar-refractivity contribution in [3.63, 3.8) is 0 Å². The highest BCUT2D eigenvalue weighted by molar-refractivity contribution is 5.73. The first-order valence-electron chi connectivity index (χ1n) is 15.0. The van der Waals surface area contributed by atoms with Crippen LogP contribution in [0.25, 0.3) is 0 Å². The molecule has 47 heavy (non-hydrogen) atoms. The molecule has 13 N–H and O–H groups in total. The van der Waals surface area contributed by atoms with Crippen molar-refractivity contribution in [2.75, 3.05) is 19.8 Å². The lowest BCUT2D eigenvalue weighted by molar-refractivity contribution is -0.385. The van der Waals surface area contributed by atoms with Gasteiger partial charge in [-0.25, -0.2) is 0 Å². The molecule has 0 saturated carbocycles. The predicted molar refractivity (Wildman–Crippen MR) is 144 cm³/mol. The normalized spacial score (nSPS) is 51.0. The smallest absolute Gasteiger partial charge is 0.217 e. The summed E-state index contributed by atoms with van der Waals surface area (Å²) in [5.74, 6) is -0.702. The van der Waals surface area contributed by atoms with Crippen molar-refractivity contribution in [3.05, 3.63) is 0 Å². The Bertz CT molecular complexity index is 1010. The second-order valence-corrected chi connectivity index (χ2v) is 11.9. The molecule has 274 valence electrons. The summed E-state index contributed by atoms with van der Waals surface area (Å²) < 4.78 is 39.2. The quantitative estimate of drug-likeness (QED) is 0.101. The minimum Gasteiger partial charge on any atom is -0.394 e. The molecule has 0 aromatic heterocycles. The fraction of sp³-hybridized carbons (Fsp3) is 0.962. The Morgan fingerprint density at radius 1 is 0.553 bits per heavy atom. The summed E-state index contributed by atoms with van der Waals surface area (Å²) in [5, 5.41) is 126. The summed E-state index contributed by atoms with van der Waals surface area (Å²) in [6, 6.07) is -1.52. The number of aliphatic hydroxyl groups excluding tert-OH is 12. The van der Waals surface area contributed by atoms with Gasteiger partial charge in [-0.1, -0.05) is 0 Å². The number of nitrogens with one attached hydrogen (secondary N) is 1. The first-order valence-corrected chi connectivity index (χ1v) is 15.0. The largest absolute Gasteiger partial charge is 0.394 e. The topological polar surface area (TPSA) is 336 Å². The molecular weight excluding hydrogens is 646 g/mol. The Balaban J connectivity index is 1.63. The van der Waals surface area contributed by atoms with E-state index >= 15 is 0 Å². The van der Waals surface area contributed by atoms with E-state index in [0.29, 0.717) is 0 Å². The van der Waals surface area contributed by atoms with Crippen molar-refractivity contribution in [3.8, 4) is 0 Å². The lowest BCUT2D eigenvalue weighted by Gasteiger charge is -2.50. The maximum absolute atomic E-state index is 12.1. The van der Waals surface area contributed by atoms with Crippen LogP contribution >= 0.6 is 0 Å². The molecule has 20 atom stereocenters. The van der Waals surface area contributed by atoms with E-state index in [1.54, 1.807) is 0 Å². The van der Waals surface area contributed by atoms with Gasteiger partial charge in [-0.2, -0.15) is 0 Å². The van der Waals surface area contributed by atoms with E-state index < -0.39 is 148 Å². The molecule has 4 heterocycles. The number of carbonyl (C=O) groups excluding carboxylic acids is 1. The SMILES string of the molecule is CC(=O)N[C@@H]1[C@@H](O[C@H]2O[C@H](C)[C@H](O)[C@H](O)[C@H]2O)[C@H](O[C@@H]2O[C@H](CO)[C@H](O)[C@H](O[C@H]3O[C@H](CO)[C@H](O)[C@H](O)[C@H]3O)[C@H]2O)[C@@H](CO)O[C@H]1O. The fourth-order valence-electron chi connectivity index (χ4n) is 5.88. The molecule has 0 aliphatic carbocycles. The summed E-state index contributed by atoms with van der Waals surface area (Å²) in [6.07, 6.45) is -32.5. The minimum atomic E-state index is -2.03. The van der Waals surface area contributed by atoms with Crippen LogP contribution in [0.3, 0.4) is 0 Å². The van der Waals surface area contributed by atoms with Gasteiger partial charge in [0.15, 0.2) is 25.2 Å². The molecule has 0 spiro atoms. The summed E-state index contributed by atoms with van der Waals surface area (Å²) in [7, 11) is 0. The number of rotatable bonds is 10. The maximum atomic E-state index is 12.1. The van der Waals surface area contributed by atoms with E-state index in [1.165, 1.54) is 6.92 Å². The first kappa shape index (κ1) is 38.5. The van der Waals surface area contributed by atoms with E-state index in [9.17, 15) is 66.1 Å². The standard InChI is InChI=1S/C26H45NO20/c1-6-12(32)15(35)17(37)24(41-6)46-21-11(27-7(2)31)23(40)42-10(5-30)20(21)45-26-19(39)22(14(34)9(4-29)44-26)47-25-18(38)16(36)13(33)8(3-28)43-25/h6,8-26,28-30,32-40H,3-5H2,1-2H3,(H,27,31)/t6-,8-,9-,10-,11-,12+,13+,14+,15+,16+,17-,18-,19-,20-,21-,22+,23-,24-,25-,26+/m1/s1. The maximum Gasteiger partial charge on any atom is 0.217 e. The van der Waals surface area contributed by atoms with Crippen molar-refractivity contribution in [2.45, 2.75) is 137 Å². The van der Waals surface area contributed by atoms with Crippen LogP contribution in [-0.2, 0) is 38.0 Å². The highest BCUT2D eigenvalue weighted by atomic mass is 16.8. The lowest BCUT2D eigenvalue weighted by atomic mass is 9.94. The molecule has 1 amide bonds. The van der Waals surface area contributed by atoms with Gasteiger partial charge in [0.1, 0.15) is 91.5 Å². The van der Waals surface area contributed by atoms with E-state index in [2.05, 4.69) is 5.32 Å². The molecule has 21 heteroatoms. The monoisotopic (exact) mass is 691 g/mol. The molecule has 4 fully saturated rings. The number of amides is 1. The van der Waals surface area contributed by atoms with Gasteiger partial charge in [0.25, 0.3) is 0 Å². The van der Waals surface area contributed by atoms with Crippen LogP contribution in [0, 0.1) is 0 Å². The molecule has 0 bridgehead atoms. The Morgan fingerprint density at radius 3 is 1.57 bits per heavy atom. The summed E-state index contributed by atoms with van der Waals surface area (Å²) in [4.78, 5) is 12.1. The zero-order valence-corrected chi connectivity index (χ0v) is 25.3. The average molecular weight is 692 g/mol. The van der Waals surface area contributed by atoms with E-state index in [0.717, 1.165) is 6.92 Å². The third-order valence-electron chi connectivity index (χ3n) is 8.57. The average Bonchev–Trinajstić information content (AvgIpc) is 3.04. The van der Waals surface area contributed by atoms with Gasteiger partial charge >= 0.3 is 0 Å². The first-order chi connectivity index (χ1) is 22.1. The third kappa shape index (κ3) is 8.04. The van der Waals surface area contributed by atoms with Crippen molar-refractivity contribution in [1.29, 1.82) is 0 Å². The highest BCUT2D eigenvalue weighted by Gasteiger charge is 2.55. The summed E-state index contributed by atoms with van der Waals surface area (Å²) in [5.41, 5.74) is 0. The Kier molecular flexibility index (Phi) is 13.2. The molecule has 4 rings (SSSR count). The van der Waals surface area contributed by atoms with Gasteiger partial charge in [0.05, 0.1) is 25.9 Å². The second-order valence-electron chi connectivity index (χ2n) is 11.9. The van der Waals surface area contributed by atoms with Crippen LogP contribution in [0.5, 0.6) is 0 Å². The molecule has 21 nitrogen and oxygen atoms in total. The van der Waals surface area contributed by atoms with Gasteiger partial charge in [0.2, 0.25) is 5.91 Å².